The van der Waals surface area contributed by atoms with Crippen LogP contribution in [0.15, 0.2) is 206 Å². The molecule has 0 bridgehead atoms. The first-order chi connectivity index (χ1) is 50.5. The molecule has 0 fully saturated rings. The lowest BCUT2D eigenvalue weighted by molar-refractivity contribution is -0.385. The van der Waals surface area contributed by atoms with Gasteiger partial charge in [0, 0.05) is 58.8 Å². The van der Waals surface area contributed by atoms with Crippen molar-refractivity contribution in [2.45, 2.75) is 0 Å². The summed E-state index contributed by atoms with van der Waals surface area (Å²) in [6.07, 6.45) is 29.0. The van der Waals surface area contributed by atoms with E-state index in [-0.39, 0.29) is 73.4 Å². The molecule has 14 heterocycles. The minimum atomic E-state index is -0.608. The van der Waals surface area contributed by atoms with Crippen molar-refractivity contribution in [2.24, 2.45) is 28.2 Å². The molecule has 0 aliphatic carbocycles. The summed E-state index contributed by atoms with van der Waals surface area (Å²) in [5, 5.41) is 106. The van der Waals surface area contributed by atoms with E-state index in [0.717, 1.165) is 78.7 Å². The number of hydrogen-bond acceptors (Lipinski definition) is 33. The quantitative estimate of drug-likeness (QED) is 0.0528. The fourth-order valence-corrected chi connectivity index (χ4v) is 8.28. The zero-order valence-corrected chi connectivity index (χ0v) is 56.3. The van der Waals surface area contributed by atoms with Crippen LogP contribution in [-0.4, -0.2) is 163 Å². The van der Waals surface area contributed by atoms with Gasteiger partial charge in [-0.3, -0.25) is 84.1 Å². The van der Waals surface area contributed by atoms with Gasteiger partial charge in [0.15, 0.2) is 17.1 Å². The van der Waals surface area contributed by atoms with E-state index in [0.29, 0.717) is 26.3 Å². The Hall–Kier alpha value is -16.0. The van der Waals surface area contributed by atoms with Gasteiger partial charge < -0.3 is 44.7 Å². The van der Waals surface area contributed by atoms with Crippen molar-refractivity contribution in [3.8, 4) is 34.1 Å². The maximum absolute atomic E-state index is 11.7. The van der Waals surface area contributed by atoms with Crippen LogP contribution in [0.25, 0.3) is 34.1 Å². The molecule has 8 N–H and O–H groups in total. The third-order valence-electron chi connectivity index (χ3n) is 12.5. The Morgan fingerprint density at radius 1 is 0.358 bits per heavy atom. The molecule has 52 nitrogen and oxygen atoms in total. The average molecular weight is 1570 g/mol. The van der Waals surface area contributed by atoms with Crippen LogP contribution in [0.4, 0.5) is 39.8 Å². The number of halogens is 1. The van der Waals surface area contributed by atoms with Crippen molar-refractivity contribution in [2.75, 3.05) is 11.5 Å². The van der Waals surface area contributed by atoms with E-state index in [1.807, 2.05) is 0 Å². The minimum absolute atomic E-state index is 0.00852. The lowest BCUT2D eigenvalue weighted by Crippen LogP contribution is -2.23. The van der Waals surface area contributed by atoms with Crippen molar-refractivity contribution in [1.82, 2.24) is 139 Å². The van der Waals surface area contributed by atoms with Crippen molar-refractivity contribution in [3.05, 3.63) is 299 Å². The van der Waals surface area contributed by atoms with Crippen LogP contribution in [0.1, 0.15) is 0 Å². The monoisotopic (exact) mass is 1570 g/mol. The highest BCUT2D eigenvalue weighted by Crippen LogP contribution is 2.15. The van der Waals surface area contributed by atoms with E-state index in [1.165, 1.54) is 112 Å². The van der Waals surface area contributed by atoms with Crippen molar-refractivity contribution < 1.29 is 24.6 Å². The van der Waals surface area contributed by atoms with Gasteiger partial charge in [-0.15, -0.1) is 29.7 Å². The number of nitrogen functional groups attached to an aromatic ring is 2. The summed E-state index contributed by atoms with van der Waals surface area (Å²) in [6.45, 7) is 0. The Balaban J connectivity index is 0.000000171. The highest BCUT2D eigenvalue weighted by Gasteiger charge is 2.18. The van der Waals surface area contributed by atoms with Crippen LogP contribution in [0.3, 0.4) is 0 Å². The summed E-state index contributed by atoms with van der Waals surface area (Å²) < 4.78 is 9.11. The zero-order valence-electron chi connectivity index (χ0n) is 54.1. The fraction of sp³-hybridized carbons (Fsp3) is 0.0755. The number of aromatic nitrogens is 28. The van der Waals surface area contributed by atoms with Gasteiger partial charge in [0.2, 0.25) is 0 Å². The van der Waals surface area contributed by atoms with E-state index < -0.39 is 41.3 Å². The molecule has 53 heteroatoms. The number of H-pyrrole nitrogens is 4. The standard InChI is InChI=1S/2C8H7N5O3.2C8H9N5O.2C7H5N5O3.C5H3IN2O3.C2H3N3/c1-11-5-6(13(15)16)4-7(8(11)14)12-3-2-9-10-12;1-11-5-6(13(15)16)4-7(8(11)14)12-9-2-3-10-12;1-12-5-6(9)4-7(8(12)14)13-3-2-10-11-13;1-12-5-6(9)4-7(8(12)14)13-10-2-3-11-13;13-7-6(11-2-1-9-10-11)3-5(4-8-7)12(14)15;13-7-6(11-9-1-2-10-11)3-5(4-8-7)12(14)15;6-4-1-3(8(10)11)2-7-5(4)9;1-2-4-5-3-1/h2*2-5H,1H3;2*2-5H,9H2,1H3;2*1-4H,(H,8,13);1-2H,(H,7,9);1-2H,(H,3,4,5). The number of aryl methyl sites for hydroxylation is 4. The summed E-state index contributed by atoms with van der Waals surface area (Å²) in [4.78, 5) is 139. The molecule has 0 unspecified atom stereocenters. The van der Waals surface area contributed by atoms with Crippen LogP contribution in [0, 0.1) is 54.1 Å². The highest BCUT2D eigenvalue weighted by molar-refractivity contribution is 14.1. The van der Waals surface area contributed by atoms with Gasteiger partial charge in [-0.25, -0.2) is 14.0 Å². The molecule has 106 heavy (non-hydrogen) atoms. The molecule has 0 saturated heterocycles. The predicted molar refractivity (Wildman–Crippen MR) is 369 cm³/mol. The zero-order chi connectivity index (χ0) is 77.3. The lowest BCUT2D eigenvalue weighted by atomic mass is 10.3. The SMILES string of the molecule is Cn1cc(N)cc(-n2ccnn2)c1=O.Cn1cc(N)cc(-n2nccn2)c1=O.Cn1cc([N+](=O)[O-])cc(-n2ccnn2)c1=O.Cn1cc([N+](=O)[O-])cc(-n2nccn2)c1=O.O=c1[nH]cc([N+](=O)[O-])cc1-n1ccnn1.O=c1[nH]cc([N+](=O)[O-])cc1-n1nccn1.O=c1[nH]cc([N+](=O)[O-])cc1I.c1cn[nH]n1. The maximum atomic E-state index is 11.7. The predicted octanol–water partition coefficient (Wildman–Crippen LogP) is -0.735. The molecular weight excluding hydrogens is 1530 g/mol. The fourth-order valence-electron chi connectivity index (χ4n) is 7.81. The third kappa shape index (κ3) is 21.0. The van der Waals surface area contributed by atoms with Gasteiger partial charge in [0.1, 0.15) is 17.1 Å². The Labute approximate surface area is 596 Å². The summed E-state index contributed by atoms with van der Waals surface area (Å²) in [5.74, 6) is 0. The molecule has 0 aromatic carbocycles. The molecular formula is C53H48IN35O17. The molecule has 14 aromatic heterocycles. The van der Waals surface area contributed by atoms with Crippen molar-refractivity contribution in [3.63, 3.8) is 0 Å². The van der Waals surface area contributed by atoms with Crippen LogP contribution >= 0.6 is 22.6 Å². The van der Waals surface area contributed by atoms with Gasteiger partial charge >= 0.3 is 0 Å². The van der Waals surface area contributed by atoms with Gasteiger partial charge in [-0.2, -0.15) is 46.0 Å². The normalized spacial score (nSPS) is 10.1. The van der Waals surface area contributed by atoms with E-state index in [9.17, 15) is 84.1 Å². The van der Waals surface area contributed by atoms with E-state index >= 15 is 0 Å². The third-order valence-corrected chi connectivity index (χ3v) is 13.3. The first-order valence-electron chi connectivity index (χ1n) is 28.4. The number of hydrogen-bond donors (Lipinski definition) is 6. The molecule has 0 amide bonds. The van der Waals surface area contributed by atoms with Crippen LogP contribution in [-0.2, 0) is 28.2 Å². The smallest absolute Gasteiger partial charge is 0.287 e. The second kappa shape index (κ2) is 36.2. The second-order valence-electron chi connectivity index (χ2n) is 19.8. The lowest BCUT2D eigenvalue weighted by Gasteiger charge is -2.04. The molecule has 0 spiro atoms. The molecule has 0 aliphatic rings. The topological polar surface area (TPSA) is 680 Å². The van der Waals surface area contributed by atoms with Crippen LogP contribution < -0.4 is 50.4 Å². The second-order valence-corrected chi connectivity index (χ2v) is 20.9. The number of rotatable bonds is 11. The van der Waals surface area contributed by atoms with Gasteiger partial charge in [-0.05, 0) is 34.7 Å². The molecule has 0 radical (unpaired) electrons. The molecule has 0 saturated carbocycles. The number of nitrogens with one attached hydrogen (secondary N) is 4. The Bertz CT molecular complexity index is 5430. The molecule has 14 aromatic rings. The number of anilines is 2. The van der Waals surface area contributed by atoms with E-state index in [2.05, 4.69) is 91.9 Å². The van der Waals surface area contributed by atoms with Gasteiger partial charge in [0.25, 0.3) is 67.4 Å². The summed E-state index contributed by atoms with van der Waals surface area (Å²) in [6, 6.07) is 8.88. The minimum Gasteiger partial charge on any atom is -0.397 e. The number of nitrogens with zero attached hydrogens (tertiary/aromatic N) is 29. The molecule has 14 rings (SSSR count). The number of aromatic amines is 4. The van der Waals surface area contributed by atoms with E-state index in [4.69, 9.17) is 11.5 Å². The first kappa shape index (κ1) is 77.3. The van der Waals surface area contributed by atoms with Crippen molar-refractivity contribution in [1.29, 1.82) is 0 Å². The summed E-state index contributed by atoms with van der Waals surface area (Å²) in [5.41, 5.74) is 9.89. The number of nitrogens with two attached hydrogens (primary N) is 2. The van der Waals surface area contributed by atoms with Crippen LogP contribution in [0.5, 0.6) is 0 Å². The van der Waals surface area contributed by atoms with Crippen molar-refractivity contribution >= 4 is 62.4 Å². The Morgan fingerprint density at radius 3 is 1.01 bits per heavy atom. The molecule has 0 aliphatic heterocycles. The number of nitro groups is 5. The average Bonchev–Trinajstić information content (AvgIpc) is 1.44. The van der Waals surface area contributed by atoms with Gasteiger partial charge in [-0.1, -0.05) is 15.6 Å². The maximum Gasteiger partial charge on any atom is 0.287 e. The Kier molecular flexibility index (Phi) is 26.4. The van der Waals surface area contributed by atoms with Crippen LogP contribution in [0.2, 0.25) is 0 Å². The largest absolute Gasteiger partial charge is 0.397 e. The van der Waals surface area contributed by atoms with Gasteiger partial charge in [0.05, 0.1) is 169 Å². The Morgan fingerprint density at radius 2 is 0.651 bits per heavy atom. The first-order valence-corrected chi connectivity index (χ1v) is 29.5. The molecule has 0 atom stereocenters. The van der Waals surface area contributed by atoms with E-state index in [1.54, 1.807) is 79.8 Å². The summed E-state index contributed by atoms with van der Waals surface area (Å²) in [7, 11) is 6.14. The highest BCUT2D eigenvalue weighted by atomic mass is 127. The number of pyridine rings is 7. The summed E-state index contributed by atoms with van der Waals surface area (Å²) >= 11 is 1.74. The molecule has 544 valence electrons.